The van der Waals surface area contributed by atoms with E-state index in [1.54, 1.807) is 0 Å². The fourth-order valence-electron chi connectivity index (χ4n) is 2.10. The van der Waals surface area contributed by atoms with Gasteiger partial charge in [0.25, 0.3) is 0 Å². The van der Waals surface area contributed by atoms with E-state index >= 15 is 0 Å². The van der Waals surface area contributed by atoms with Crippen LogP contribution < -0.4 is 10.6 Å². The molecule has 0 fully saturated rings. The first-order chi connectivity index (χ1) is 7.96. The molecule has 1 aliphatic heterocycles. The van der Waals surface area contributed by atoms with Crippen molar-refractivity contribution < 1.29 is 4.79 Å². The number of nitrogens with one attached hydrogen (secondary N) is 2. The Balaban J connectivity index is 2.05. The first-order valence-corrected chi connectivity index (χ1v) is 6.08. The number of carbonyl (C=O) groups is 1. The van der Waals surface area contributed by atoms with Gasteiger partial charge in [-0.25, -0.2) is 0 Å². The number of fused-ring (bicyclic) bond motifs is 1. The Hall–Kier alpha value is -1.35. The minimum absolute atomic E-state index is 0.0898. The Morgan fingerprint density at radius 1 is 1.29 bits per heavy atom. The first-order valence-electron chi connectivity index (χ1n) is 6.08. The Labute approximate surface area is 103 Å². The van der Waals surface area contributed by atoms with Crippen LogP contribution in [0.25, 0.3) is 0 Å². The third-order valence-corrected chi connectivity index (χ3v) is 2.90. The fourth-order valence-corrected chi connectivity index (χ4v) is 2.10. The maximum Gasteiger partial charge on any atom is 0.237 e. The van der Waals surface area contributed by atoms with Gasteiger partial charge in [-0.05, 0) is 38.3 Å². The molecule has 0 aromatic heterocycles. The van der Waals surface area contributed by atoms with E-state index < -0.39 is 0 Å². The largest absolute Gasteiger partial charge is 0.350 e. The number of hydrogen-bond acceptors (Lipinski definition) is 2. The first kappa shape index (κ1) is 12.1. The van der Waals surface area contributed by atoms with Crippen LogP contribution in [-0.4, -0.2) is 17.5 Å². The molecule has 0 saturated heterocycles. The van der Waals surface area contributed by atoms with Crippen LogP contribution >= 0.6 is 0 Å². The molecule has 3 nitrogen and oxygen atoms in total. The van der Waals surface area contributed by atoms with Gasteiger partial charge in [-0.3, -0.25) is 4.79 Å². The summed E-state index contributed by atoms with van der Waals surface area (Å²) in [5.41, 5.74) is 2.41. The third kappa shape index (κ3) is 3.07. The van der Waals surface area contributed by atoms with Gasteiger partial charge in [0, 0.05) is 12.1 Å². The van der Waals surface area contributed by atoms with Crippen molar-refractivity contribution in [2.45, 2.75) is 45.3 Å². The van der Waals surface area contributed by atoms with Gasteiger partial charge in [0.1, 0.15) is 0 Å². The summed E-state index contributed by atoms with van der Waals surface area (Å²) >= 11 is 0. The van der Waals surface area contributed by atoms with Gasteiger partial charge < -0.3 is 10.6 Å². The van der Waals surface area contributed by atoms with Crippen LogP contribution in [0.3, 0.4) is 0 Å². The lowest BCUT2D eigenvalue weighted by atomic mass is 9.95. The highest BCUT2D eigenvalue weighted by atomic mass is 16.2. The number of hydrogen-bond donors (Lipinski definition) is 2. The summed E-state index contributed by atoms with van der Waals surface area (Å²) < 4.78 is 0. The van der Waals surface area contributed by atoms with Crippen LogP contribution in [0.2, 0.25) is 0 Å². The molecule has 1 aliphatic rings. The molecule has 2 rings (SSSR count). The molecule has 3 heteroatoms. The topological polar surface area (TPSA) is 41.1 Å². The average Bonchev–Trinajstić information content (AvgIpc) is 2.26. The minimum atomic E-state index is -0.171. The summed E-state index contributed by atoms with van der Waals surface area (Å²) in [4.78, 5) is 12.0. The lowest BCUT2D eigenvalue weighted by Crippen LogP contribution is -2.52. The van der Waals surface area contributed by atoms with Crippen molar-refractivity contribution in [2.24, 2.45) is 0 Å². The van der Waals surface area contributed by atoms with E-state index in [1.807, 2.05) is 32.9 Å². The Morgan fingerprint density at radius 3 is 2.59 bits per heavy atom. The van der Waals surface area contributed by atoms with Gasteiger partial charge in [0.05, 0.1) is 6.04 Å². The van der Waals surface area contributed by atoms with Gasteiger partial charge in [-0.15, -0.1) is 0 Å². The molecule has 1 aromatic carbocycles. The second-order valence-electron chi connectivity index (χ2n) is 5.65. The summed E-state index contributed by atoms with van der Waals surface area (Å²) in [6, 6.07) is 8.18. The van der Waals surface area contributed by atoms with Crippen molar-refractivity contribution in [1.29, 1.82) is 0 Å². The molecule has 0 radical (unpaired) electrons. The van der Waals surface area contributed by atoms with Crippen LogP contribution in [0.4, 0.5) is 0 Å². The highest BCUT2D eigenvalue weighted by Gasteiger charge is 2.26. The van der Waals surface area contributed by atoms with E-state index in [9.17, 15) is 4.79 Å². The maximum absolute atomic E-state index is 12.0. The molecular weight excluding hydrogens is 212 g/mol. The van der Waals surface area contributed by atoms with Crippen molar-refractivity contribution in [1.82, 2.24) is 10.6 Å². The van der Waals surface area contributed by atoms with E-state index in [0.29, 0.717) is 0 Å². The van der Waals surface area contributed by atoms with Crippen LogP contribution in [-0.2, 0) is 17.8 Å². The zero-order valence-corrected chi connectivity index (χ0v) is 10.7. The van der Waals surface area contributed by atoms with Gasteiger partial charge in [-0.1, -0.05) is 24.3 Å². The molecule has 0 saturated carbocycles. The zero-order valence-electron chi connectivity index (χ0n) is 10.7. The van der Waals surface area contributed by atoms with E-state index in [0.717, 1.165) is 13.0 Å². The molecule has 1 heterocycles. The molecule has 2 N–H and O–H groups in total. The van der Waals surface area contributed by atoms with E-state index in [-0.39, 0.29) is 17.5 Å². The van der Waals surface area contributed by atoms with E-state index in [4.69, 9.17) is 0 Å². The van der Waals surface area contributed by atoms with Crippen molar-refractivity contribution in [3.8, 4) is 0 Å². The van der Waals surface area contributed by atoms with E-state index in [1.165, 1.54) is 11.1 Å². The number of benzene rings is 1. The molecule has 0 unspecified atom stereocenters. The van der Waals surface area contributed by atoms with Gasteiger partial charge in [0.2, 0.25) is 5.91 Å². The molecule has 0 bridgehead atoms. The second kappa shape index (κ2) is 4.49. The van der Waals surface area contributed by atoms with Crippen LogP contribution in [0.15, 0.2) is 24.3 Å². The fraction of sp³-hybridized carbons (Fsp3) is 0.500. The standard InChI is InChI=1S/C14H20N2O/c1-14(2,3)16-13(17)12-8-10-6-4-5-7-11(10)9-15-12/h4-7,12,15H,8-9H2,1-3H3,(H,16,17)/t12-/m0/s1. The summed E-state index contributed by atoms with van der Waals surface area (Å²) in [6.07, 6.45) is 0.776. The number of amides is 1. The predicted molar refractivity (Wildman–Crippen MR) is 68.7 cm³/mol. The summed E-state index contributed by atoms with van der Waals surface area (Å²) in [5.74, 6) is 0.0898. The van der Waals surface area contributed by atoms with Crippen LogP contribution in [0.5, 0.6) is 0 Å². The molecule has 1 atom stereocenters. The Bertz CT molecular complexity index is 420. The highest BCUT2D eigenvalue weighted by Crippen LogP contribution is 2.16. The van der Waals surface area contributed by atoms with Crippen molar-refractivity contribution in [3.05, 3.63) is 35.4 Å². The van der Waals surface area contributed by atoms with Gasteiger partial charge >= 0.3 is 0 Å². The highest BCUT2D eigenvalue weighted by molar-refractivity contribution is 5.83. The van der Waals surface area contributed by atoms with Crippen molar-refractivity contribution in [3.63, 3.8) is 0 Å². The molecule has 1 amide bonds. The summed E-state index contributed by atoms with van der Waals surface area (Å²) in [6.45, 7) is 6.78. The van der Waals surface area contributed by atoms with E-state index in [2.05, 4.69) is 22.8 Å². The Kier molecular flexibility index (Phi) is 3.20. The summed E-state index contributed by atoms with van der Waals surface area (Å²) in [7, 11) is 0. The van der Waals surface area contributed by atoms with Crippen molar-refractivity contribution in [2.75, 3.05) is 0 Å². The molecule has 92 valence electrons. The quantitative estimate of drug-likeness (QED) is 0.772. The van der Waals surface area contributed by atoms with Crippen LogP contribution in [0.1, 0.15) is 31.9 Å². The molecule has 0 aliphatic carbocycles. The number of rotatable bonds is 1. The predicted octanol–water partition coefficient (Wildman–Crippen LogP) is 1.62. The van der Waals surface area contributed by atoms with Gasteiger partial charge in [-0.2, -0.15) is 0 Å². The molecular formula is C14H20N2O. The smallest absolute Gasteiger partial charge is 0.237 e. The summed E-state index contributed by atoms with van der Waals surface area (Å²) in [5, 5.41) is 6.30. The van der Waals surface area contributed by atoms with Crippen LogP contribution in [0, 0.1) is 0 Å². The monoisotopic (exact) mass is 232 g/mol. The minimum Gasteiger partial charge on any atom is -0.350 e. The van der Waals surface area contributed by atoms with Crippen molar-refractivity contribution >= 4 is 5.91 Å². The van der Waals surface area contributed by atoms with Gasteiger partial charge in [0.15, 0.2) is 0 Å². The molecule has 0 spiro atoms. The third-order valence-electron chi connectivity index (χ3n) is 2.90. The Morgan fingerprint density at radius 2 is 1.94 bits per heavy atom. The molecule has 17 heavy (non-hydrogen) atoms. The normalized spacial score (nSPS) is 19.6. The maximum atomic E-state index is 12.0. The zero-order chi connectivity index (χ0) is 12.5. The SMILES string of the molecule is CC(C)(C)NC(=O)[C@@H]1Cc2ccccc2CN1. The lowest BCUT2D eigenvalue weighted by Gasteiger charge is -2.29. The second-order valence-corrected chi connectivity index (χ2v) is 5.65. The number of carbonyl (C=O) groups excluding carboxylic acids is 1. The lowest BCUT2D eigenvalue weighted by molar-refractivity contribution is -0.124. The average molecular weight is 232 g/mol. The molecule has 1 aromatic rings.